The molecule has 8 heteroatoms. The quantitative estimate of drug-likeness (QED) is 0.584. The molecule has 0 aromatic heterocycles. The van der Waals surface area contributed by atoms with E-state index in [1.165, 1.54) is 29.2 Å². The summed E-state index contributed by atoms with van der Waals surface area (Å²) < 4.78 is 18.8. The van der Waals surface area contributed by atoms with Gasteiger partial charge in [-0.3, -0.25) is 9.59 Å². The molecule has 170 valence electrons. The number of nitrogens with one attached hydrogen (secondary N) is 1. The summed E-state index contributed by atoms with van der Waals surface area (Å²) in [6.07, 6.45) is 0.720. The van der Waals surface area contributed by atoms with Gasteiger partial charge in [-0.05, 0) is 60.9 Å². The van der Waals surface area contributed by atoms with E-state index >= 15 is 0 Å². The third-order valence-electron chi connectivity index (χ3n) is 4.95. The van der Waals surface area contributed by atoms with Crippen LogP contribution in [0.2, 0.25) is 0 Å². The van der Waals surface area contributed by atoms with Crippen molar-refractivity contribution in [1.82, 2.24) is 4.90 Å². The Morgan fingerprint density at radius 2 is 1.75 bits per heavy atom. The fraction of sp³-hybridized carbons (Fsp3) is 0.375. The largest absolute Gasteiger partial charge is 0.494 e. The zero-order chi connectivity index (χ0) is 23.3. The summed E-state index contributed by atoms with van der Waals surface area (Å²) in [6, 6.07) is 10.7. The molecule has 4 amide bonds. The predicted molar refractivity (Wildman–Crippen MR) is 120 cm³/mol. The molecule has 1 atom stereocenters. The average molecular weight is 442 g/mol. The second kappa shape index (κ2) is 10.3. The van der Waals surface area contributed by atoms with E-state index in [4.69, 9.17) is 4.74 Å². The first kappa shape index (κ1) is 23.2. The molecule has 32 heavy (non-hydrogen) atoms. The smallest absolute Gasteiger partial charge is 0.332 e. The Kier molecular flexibility index (Phi) is 7.45. The van der Waals surface area contributed by atoms with Crippen LogP contribution in [0.25, 0.3) is 0 Å². The van der Waals surface area contributed by atoms with Crippen molar-refractivity contribution >= 4 is 29.2 Å². The van der Waals surface area contributed by atoms with Crippen LogP contribution in [0, 0.1) is 11.7 Å². The molecule has 2 aromatic rings. The molecule has 1 N–H and O–H groups in total. The first-order chi connectivity index (χ1) is 15.3. The van der Waals surface area contributed by atoms with Gasteiger partial charge in [0.05, 0.1) is 18.7 Å². The number of rotatable bonds is 9. The third kappa shape index (κ3) is 5.43. The lowest BCUT2D eigenvalue weighted by atomic mass is 10.1. The van der Waals surface area contributed by atoms with Gasteiger partial charge in [0.2, 0.25) is 5.91 Å². The van der Waals surface area contributed by atoms with Gasteiger partial charge in [0, 0.05) is 12.2 Å². The van der Waals surface area contributed by atoms with Crippen LogP contribution in [-0.4, -0.2) is 41.9 Å². The van der Waals surface area contributed by atoms with E-state index in [2.05, 4.69) is 5.32 Å². The highest BCUT2D eigenvalue weighted by Crippen LogP contribution is 2.28. The zero-order valence-corrected chi connectivity index (χ0v) is 18.5. The first-order valence-corrected chi connectivity index (χ1v) is 10.7. The van der Waals surface area contributed by atoms with Gasteiger partial charge in [0.1, 0.15) is 17.6 Å². The second-order valence-corrected chi connectivity index (χ2v) is 8.12. The summed E-state index contributed by atoms with van der Waals surface area (Å²) in [5, 5.41) is 2.77. The Hall–Kier alpha value is -3.42. The fourth-order valence-electron chi connectivity index (χ4n) is 3.50. The van der Waals surface area contributed by atoms with Gasteiger partial charge < -0.3 is 15.0 Å². The van der Waals surface area contributed by atoms with Gasteiger partial charge >= 0.3 is 6.03 Å². The van der Waals surface area contributed by atoms with Crippen LogP contribution in [0.5, 0.6) is 5.75 Å². The number of carbonyl (C=O) groups excluding carboxylic acids is 3. The number of ether oxygens (including phenoxy) is 1. The van der Waals surface area contributed by atoms with E-state index in [1.54, 1.807) is 24.3 Å². The van der Waals surface area contributed by atoms with Gasteiger partial charge in [0.15, 0.2) is 0 Å². The van der Waals surface area contributed by atoms with Crippen LogP contribution in [0.15, 0.2) is 48.5 Å². The number of nitrogens with zero attached hydrogens (tertiary/aromatic N) is 2. The minimum Gasteiger partial charge on any atom is -0.494 e. The predicted octanol–water partition coefficient (Wildman–Crippen LogP) is 4.44. The first-order valence-electron chi connectivity index (χ1n) is 10.7. The van der Waals surface area contributed by atoms with Crippen molar-refractivity contribution in [3.05, 3.63) is 54.3 Å². The Balaban J connectivity index is 1.73. The van der Waals surface area contributed by atoms with Crippen molar-refractivity contribution in [3.63, 3.8) is 0 Å². The van der Waals surface area contributed by atoms with Crippen LogP contribution in [0.3, 0.4) is 0 Å². The summed E-state index contributed by atoms with van der Waals surface area (Å²) in [7, 11) is 0. The normalized spacial score (nSPS) is 16.1. The topological polar surface area (TPSA) is 79.0 Å². The number of imide groups is 1. The van der Waals surface area contributed by atoms with Crippen molar-refractivity contribution < 1.29 is 23.5 Å². The maximum Gasteiger partial charge on any atom is 0.332 e. The molecule has 0 unspecified atom stereocenters. The summed E-state index contributed by atoms with van der Waals surface area (Å²) in [5.41, 5.74) is 0.849. The molecular formula is C24H28FN3O4. The van der Waals surface area contributed by atoms with E-state index in [9.17, 15) is 18.8 Å². The van der Waals surface area contributed by atoms with Crippen LogP contribution in [0.4, 0.5) is 20.6 Å². The van der Waals surface area contributed by atoms with Crippen molar-refractivity contribution in [2.24, 2.45) is 5.92 Å². The van der Waals surface area contributed by atoms with Crippen LogP contribution < -0.4 is 15.0 Å². The minimum absolute atomic E-state index is 0.0983. The molecule has 0 spiro atoms. The molecule has 3 rings (SSSR count). The number of carbonyl (C=O) groups is 3. The third-order valence-corrected chi connectivity index (χ3v) is 4.95. The van der Waals surface area contributed by atoms with Crippen molar-refractivity contribution in [1.29, 1.82) is 0 Å². The number of hydrogen-bond donors (Lipinski definition) is 1. The van der Waals surface area contributed by atoms with Crippen molar-refractivity contribution in [3.8, 4) is 5.75 Å². The Morgan fingerprint density at radius 3 is 2.34 bits per heavy atom. The molecule has 1 fully saturated rings. The van der Waals surface area contributed by atoms with E-state index in [1.807, 2.05) is 20.8 Å². The van der Waals surface area contributed by atoms with Gasteiger partial charge in [-0.2, -0.15) is 0 Å². The zero-order valence-electron chi connectivity index (χ0n) is 18.5. The fourth-order valence-corrected chi connectivity index (χ4v) is 3.50. The highest BCUT2D eigenvalue weighted by atomic mass is 19.1. The summed E-state index contributed by atoms with van der Waals surface area (Å²) in [4.78, 5) is 41.2. The number of anilines is 2. The molecule has 0 saturated carbocycles. The molecule has 7 nitrogen and oxygen atoms in total. The molecule has 2 aromatic carbocycles. The molecule has 1 aliphatic heterocycles. The lowest BCUT2D eigenvalue weighted by Gasteiger charge is -2.23. The van der Waals surface area contributed by atoms with Crippen molar-refractivity contribution in [2.45, 2.75) is 39.7 Å². The van der Waals surface area contributed by atoms with Gasteiger partial charge in [-0.25, -0.2) is 14.1 Å². The van der Waals surface area contributed by atoms with E-state index in [-0.39, 0.29) is 23.9 Å². The van der Waals surface area contributed by atoms with Gasteiger partial charge in [0.25, 0.3) is 5.91 Å². The van der Waals surface area contributed by atoms with Gasteiger partial charge in [-0.15, -0.1) is 0 Å². The summed E-state index contributed by atoms with van der Waals surface area (Å²) >= 11 is 0. The highest BCUT2D eigenvalue weighted by molar-refractivity contribution is 6.22. The molecule has 1 heterocycles. The molecule has 1 aliphatic rings. The molecular weight excluding hydrogens is 413 g/mol. The number of urea groups is 1. The standard InChI is InChI=1S/C24H28FN3O4/c1-4-13-32-20-11-7-18(8-12-20)26-22(29)14-21-23(30)28(19-9-5-17(25)6-10-19)24(31)27(21)15-16(2)3/h5-12,16,21H,4,13-15H2,1-3H3,(H,26,29)/t21-/m0/s1. The van der Waals surface area contributed by atoms with Crippen LogP contribution in [0.1, 0.15) is 33.6 Å². The number of benzene rings is 2. The second-order valence-electron chi connectivity index (χ2n) is 8.12. The monoisotopic (exact) mass is 441 g/mol. The molecule has 1 saturated heterocycles. The summed E-state index contributed by atoms with van der Waals surface area (Å²) in [6.45, 7) is 6.81. The SMILES string of the molecule is CCCOc1ccc(NC(=O)C[C@H]2C(=O)N(c3ccc(F)cc3)C(=O)N2CC(C)C)cc1. The Bertz CT molecular complexity index is 960. The lowest BCUT2D eigenvalue weighted by molar-refractivity contribution is -0.124. The highest BCUT2D eigenvalue weighted by Gasteiger charge is 2.46. The number of halogens is 1. The van der Waals surface area contributed by atoms with Crippen molar-refractivity contribution in [2.75, 3.05) is 23.4 Å². The van der Waals surface area contributed by atoms with Gasteiger partial charge in [-0.1, -0.05) is 20.8 Å². The van der Waals surface area contributed by atoms with E-state index < -0.39 is 23.8 Å². The van der Waals surface area contributed by atoms with Crippen LogP contribution in [-0.2, 0) is 9.59 Å². The molecule has 0 radical (unpaired) electrons. The van der Waals surface area contributed by atoms with Crippen LogP contribution >= 0.6 is 0 Å². The average Bonchev–Trinajstić information content (AvgIpc) is 2.97. The Morgan fingerprint density at radius 1 is 1.09 bits per heavy atom. The van der Waals surface area contributed by atoms with E-state index in [0.717, 1.165) is 11.3 Å². The summed E-state index contributed by atoms with van der Waals surface area (Å²) in [5.74, 6) is -0.539. The number of amides is 4. The maximum absolute atomic E-state index is 13.3. The maximum atomic E-state index is 13.3. The number of hydrogen-bond acceptors (Lipinski definition) is 4. The lowest BCUT2D eigenvalue weighted by Crippen LogP contribution is -2.40. The Labute approximate surface area is 187 Å². The molecule has 0 bridgehead atoms. The van der Waals surface area contributed by atoms with E-state index in [0.29, 0.717) is 24.6 Å². The minimum atomic E-state index is -0.929. The molecule has 0 aliphatic carbocycles.